The monoisotopic (exact) mass is 948 g/mol. The SMILES string of the molecule is CC1(C)CC2(CCc3ccc(N(c4ccccc4)c4cccc(N(c5ccccc5)c5ccccc5)c4)cc3O2)Oc2cc(N(c3ccccc3)c3cccc(N(c4ccccc4)c4ccccc4)c3)ccc21. The molecule has 0 N–H and O–H groups in total. The van der Waals surface area contributed by atoms with Gasteiger partial charge in [0, 0.05) is 104 Å². The summed E-state index contributed by atoms with van der Waals surface area (Å²) in [6, 6.07) is 94.4. The van der Waals surface area contributed by atoms with Gasteiger partial charge in [-0.1, -0.05) is 147 Å². The van der Waals surface area contributed by atoms with Crippen LogP contribution in [0.1, 0.15) is 37.8 Å². The first-order chi connectivity index (χ1) is 35.9. The predicted octanol–water partition coefficient (Wildman–Crippen LogP) is 18.3. The highest BCUT2D eigenvalue weighted by Crippen LogP contribution is 2.52. The van der Waals surface area contributed by atoms with E-state index in [1.807, 2.05) is 0 Å². The third-order valence-corrected chi connectivity index (χ3v) is 14.1. The van der Waals surface area contributed by atoms with Crippen LogP contribution in [0.25, 0.3) is 0 Å². The van der Waals surface area contributed by atoms with Crippen molar-refractivity contribution in [3.05, 3.63) is 278 Å². The van der Waals surface area contributed by atoms with E-state index in [9.17, 15) is 0 Å². The van der Waals surface area contributed by atoms with E-state index in [0.717, 1.165) is 92.6 Å². The quantitative estimate of drug-likeness (QED) is 0.121. The minimum atomic E-state index is -0.881. The zero-order valence-corrected chi connectivity index (χ0v) is 41.1. The van der Waals surface area contributed by atoms with Crippen molar-refractivity contribution >= 4 is 68.2 Å². The van der Waals surface area contributed by atoms with Crippen molar-refractivity contribution in [3.8, 4) is 11.5 Å². The van der Waals surface area contributed by atoms with Gasteiger partial charge in [0.2, 0.25) is 0 Å². The van der Waals surface area contributed by atoms with Gasteiger partial charge in [-0.15, -0.1) is 0 Å². The lowest BCUT2D eigenvalue weighted by Gasteiger charge is -2.47. The number of fused-ring (bicyclic) bond motifs is 2. The Kier molecular flexibility index (Phi) is 11.9. The van der Waals surface area contributed by atoms with Crippen molar-refractivity contribution in [3.63, 3.8) is 0 Å². The summed E-state index contributed by atoms with van der Waals surface area (Å²) in [5.74, 6) is 0.799. The molecule has 0 aromatic heterocycles. The second-order valence-electron chi connectivity index (χ2n) is 19.5. The largest absolute Gasteiger partial charge is 0.452 e. The highest BCUT2D eigenvalue weighted by Gasteiger charge is 2.49. The molecule has 2 heterocycles. The van der Waals surface area contributed by atoms with E-state index in [2.05, 4.69) is 300 Å². The van der Waals surface area contributed by atoms with Gasteiger partial charge >= 0.3 is 0 Å². The maximum absolute atomic E-state index is 7.31. The molecule has 0 saturated carbocycles. The zero-order valence-electron chi connectivity index (χ0n) is 41.1. The molecule has 356 valence electrons. The molecule has 73 heavy (non-hydrogen) atoms. The first kappa shape index (κ1) is 45.2. The van der Waals surface area contributed by atoms with Gasteiger partial charge in [0.15, 0.2) is 0 Å². The summed E-state index contributed by atoms with van der Waals surface area (Å²) in [7, 11) is 0. The number of para-hydroxylation sites is 6. The molecule has 0 bridgehead atoms. The van der Waals surface area contributed by atoms with Crippen molar-refractivity contribution < 1.29 is 9.47 Å². The van der Waals surface area contributed by atoms with Crippen LogP contribution in [0.3, 0.4) is 0 Å². The van der Waals surface area contributed by atoms with Crippen LogP contribution in [0.15, 0.2) is 267 Å². The van der Waals surface area contributed by atoms with Gasteiger partial charge in [-0.05, 0) is 133 Å². The fraction of sp³-hybridized carbons (Fsp3) is 0.104. The van der Waals surface area contributed by atoms with Crippen molar-refractivity contribution in [2.24, 2.45) is 0 Å². The van der Waals surface area contributed by atoms with Crippen LogP contribution < -0.4 is 29.1 Å². The summed E-state index contributed by atoms with van der Waals surface area (Å²) in [5.41, 5.74) is 14.7. The molecule has 10 aromatic carbocycles. The number of anilines is 12. The standard InChI is InChI=1S/C67H56N4O2/c1-66(2)49-67(73-65-48-62(41-42-63(65)66)71(56-33-19-8-20-34-56)60-38-22-36-58(46-60)69(53-27-13-5-14-28-53)54-29-15-6-16-30-54)44-43-50-39-40-61(47-64(50)72-67)70(55-31-17-7-18-32-55)59-37-21-35-57(45-59)68(51-23-9-3-10-24-51)52-25-11-4-12-26-52/h3-42,45-48H,43-44,49H2,1-2H3. The molecule has 1 atom stereocenters. The normalized spacial score (nSPS) is 15.2. The lowest BCUT2D eigenvalue weighted by Crippen LogP contribution is -2.52. The van der Waals surface area contributed by atoms with E-state index < -0.39 is 5.79 Å². The van der Waals surface area contributed by atoms with E-state index in [1.165, 1.54) is 11.1 Å². The lowest BCUT2D eigenvalue weighted by molar-refractivity contribution is -0.153. The van der Waals surface area contributed by atoms with Crippen LogP contribution in [0, 0.1) is 0 Å². The van der Waals surface area contributed by atoms with Crippen molar-refractivity contribution in [2.75, 3.05) is 19.6 Å². The molecule has 6 heteroatoms. The van der Waals surface area contributed by atoms with Gasteiger partial charge in [0.25, 0.3) is 5.79 Å². The summed E-state index contributed by atoms with van der Waals surface area (Å²) in [5, 5.41) is 0. The fourth-order valence-electron chi connectivity index (χ4n) is 10.8. The Labute approximate surface area is 429 Å². The molecule has 0 amide bonds. The number of nitrogens with zero attached hydrogens (tertiary/aromatic N) is 4. The first-order valence-electron chi connectivity index (χ1n) is 25.2. The molecule has 0 aliphatic carbocycles. The number of rotatable bonds is 12. The van der Waals surface area contributed by atoms with E-state index in [-0.39, 0.29) is 5.41 Å². The Balaban J connectivity index is 0.899. The number of ether oxygens (including phenoxy) is 2. The van der Waals surface area contributed by atoms with Crippen LogP contribution in [0.5, 0.6) is 11.5 Å². The molecule has 6 nitrogen and oxygen atoms in total. The average molecular weight is 949 g/mol. The number of hydrogen-bond acceptors (Lipinski definition) is 6. The van der Waals surface area contributed by atoms with Crippen LogP contribution in [0.4, 0.5) is 68.2 Å². The molecule has 12 rings (SSSR count). The molecule has 0 saturated heterocycles. The summed E-state index contributed by atoms with van der Waals surface area (Å²) >= 11 is 0. The van der Waals surface area contributed by atoms with E-state index in [4.69, 9.17) is 9.47 Å². The Hall–Kier alpha value is -9.00. The number of aryl methyl sites for hydroxylation is 1. The summed E-state index contributed by atoms with van der Waals surface area (Å²) in [6.45, 7) is 4.65. The van der Waals surface area contributed by atoms with E-state index in [1.54, 1.807) is 0 Å². The Morgan fingerprint density at radius 3 is 0.986 bits per heavy atom. The van der Waals surface area contributed by atoms with Gasteiger partial charge < -0.3 is 29.1 Å². The summed E-state index contributed by atoms with van der Waals surface area (Å²) in [4.78, 5) is 9.26. The minimum Gasteiger partial charge on any atom is -0.452 e. The van der Waals surface area contributed by atoms with E-state index >= 15 is 0 Å². The Morgan fingerprint density at radius 2 is 0.603 bits per heavy atom. The lowest BCUT2D eigenvalue weighted by atomic mass is 9.74. The zero-order chi connectivity index (χ0) is 49.2. The third-order valence-electron chi connectivity index (χ3n) is 14.1. The van der Waals surface area contributed by atoms with Gasteiger partial charge in [-0.3, -0.25) is 0 Å². The van der Waals surface area contributed by atoms with E-state index in [0.29, 0.717) is 6.42 Å². The van der Waals surface area contributed by atoms with Crippen molar-refractivity contribution in [1.29, 1.82) is 0 Å². The average Bonchev–Trinajstić information content (AvgIpc) is 3.43. The Bertz CT molecular complexity index is 3410. The van der Waals surface area contributed by atoms with Crippen molar-refractivity contribution in [1.82, 2.24) is 0 Å². The molecular formula is C67H56N4O2. The molecule has 0 fully saturated rings. The molecule has 1 unspecified atom stereocenters. The van der Waals surface area contributed by atoms with Gasteiger partial charge in [-0.25, -0.2) is 0 Å². The molecule has 0 radical (unpaired) electrons. The molecule has 10 aromatic rings. The van der Waals surface area contributed by atoms with Crippen molar-refractivity contribution in [2.45, 2.75) is 44.3 Å². The van der Waals surface area contributed by atoms with Crippen LogP contribution in [-0.2, 0) is 11.8 Å². The summed E-state index contributed by atoms with van der Waals surface area (Å²) < 4.78 is 14.6. The number of benzene rings is 10. The van der Waals surface area contributed by atoms with Crippen LogP contribution in [-0.4, -0.2) is 5.79 Å². The topological polar surface area (TPSA) is 31.4 Å². The number of hydrogen-bond donors (Lipinski definition) is 0. The Morgan fingerprint density at radius 1 is 0.301 bits per heavy atom. The second kappa shape index (κ2) is 19.3. The first-order valence-corrected chi connectivity index (χ1v) is 25.2. The fourth-order valence-corrected chi connectivity index (χ4v) is 10.8. The van der Waals surface area contributed by atoms with Gasteiger partial charge in [0.05, 0.1) is 0 Å². The highest BCUT2D eigenvalue weighted by molar-refractivity contribution is 5.85. The molecular weight excluding hydrogens is 893 g/mol. The van der Waals surface area contributed by atoms with Gasteiger partial charge in [0.1, 0.15) is 11.5 Å². The van der Waals surface area contributed by atoms with Crippen LogP contribution in [0.2, 0.25) is 0 Å². The minimum absolute atomic E-state index is 0.246. The molecule has 1 spiro atoms. The maximum atomic E-state index is 7.31. The smallest absolute Gasteiger partial charge is 0.252 e. The molecule has 2 aliphatic rings. The van der Waals surface area contributed by atoms with Gasteiger partial charge in [-0.2, -0.15) is 0 Å². The second-order valence-corrected chi connectivity index (χ2v) is 19.5. The van der Waals surface area contributed by atoms with Crippen LogP contribution >= 0.6 is 0 Å². The molecule has 2 aliphatic heterocycles. The predicted molar refractivity (Wildman–Crippen MR) is 302 cm³/mol. The highest BCUT2D eigenvalue weighted by atomic mass is 16.7. The maximum Gasteiger partial charge on any atom is 0.252 e. The summed E-state index contributed by atoms with van der Waals surface area (Å²) in [6.07, 6.45) is 2.26. The third kappa shape index (κ3) is 9.04.